The number of benzene rings is 1. The molecule has 0 N–H and O–H groups in total. The number of hydrogen-bond donors (Lipinski definition) is 0. The number of rotatable bonds is 6. The van der Waals surface area contributed by atoms with Crippen LogP contribution >= 0.6 is 23.4 Å². The van der Waals surface area contributed by atoms with Crippen LogP contribution in [0.1, 0.15) is 6.92 Å². The van der Waals surface area contributed by atoms with E-state index in [-0.39, 0.29) is 12.2 Å². The molecule has 3 aromatic rings. The molecule has 0 aliphatic rings. The third kappa shape index (κ3) is 4.41. The second-order valence-electron chi connectivity index (χ2n) is 4.86. The molecule has 0 bridgehead atoms. The average Bonchev–Trinajstić information content (AvgIpc) is 2.62. The van der Waals surface area contributed by atoms with E-state index in [0.717, 1.165) is 22.3 Å². The van der Waals surface area contributed by atoms with Gasteiger partial charge in [0, 0.05) is 28.5 Å². The molecule has 25 heavy (non-hydrogen) atoms. The fourth-order valence-corrected chi connectivity index (χ4v) is 3.51. The highest BCUT2D eigenvalue weighted by atomic mass is 32.2. The predicted octanol–water partition coefficient (Wildman–Crippen LogP) is 3.31. The Morgan fingerprint density at radius 1 is 1.24 bits per heavy atom. The van der Waals surface area contributed by atoms with Crippen molar-refractivity contribution in [1.29, 1.82) is 0 Å². The number of fused-ring (bicyclic) bond motifs is 1. The molecule has 0 atom stereocenters. The number of nitrogens with zero attached hydrogens (tertiary/aromatic N) is 2. The van der Waals surface area contributed by atoms with E-state index in [4.69, 9.17) is 8.92 Å². The zero-order valence-electron chi connectivity index (χ0n) is 13.3. The van der Waals surface area contributed by atoms with Gasteiger partial charge in [0.2, 0.25) is 0 Å². The van der Waals surface area contributed by atoms with Crippen LogP contribution in [0.5, 0.6) is 0 Å². The molecule has 0 fully saturated rings. The summed E-state index contributed by atoms with van der Waals surface area (Å²) in [6.07, 6.45) is 1.63. The number of ether oxygens (including phenoxy) is 1. The Labute approximate surface area is 152 Å². The molecule has 8 heteroatoms. The van der Waals surface area contributed by atoms with Crippen molar-refractivity contribution in [2.75, 3.05) is 13.2 Å². The lowest BCUT2D eigenvalue weighted by Crippen LogP contribution is -2.09. The van der Waals surface area contributed by atoms with Crippen molar-refractivity contribution in [2.45, 2.75) is 11.9 Å². The molecule has 6 nitrogen and oxygen atoms in total. The van der Waals surface area contributed by atoms with Crippen LogP contribution in [0.4, 0.5) is 0 Å². The molecular formula is C17H14N2O4S2. The van der Waals surface area contributed by atoms with Crippen molar-refractivity contribution in [3.63, 3.8) is 0 Å². The fraction of sp³-hybridized carbons (Fsp3) is 0.176. The number of esters is 1. The lowest BCUT2D eigenvalue weighted by molar-refractivity contribution is -0.145. The Bertz CT molecular complexity index is 941. The topological polar surface area (TPSA) is 78.4 Å². The number of carbonyl (C=O) groups is 1. The molecule has 2 heterocycles. The maximum atomic E-state index is 12.1. The maximum Gasteiger partial charge on any atom is 0.333 e. The van der Waals surface area contributed by atoms with Crippen molar-refractivity contribution >= 4 is 39.4 Å². The van der Waals surface area contributed by atoms with Gasteiger partial charge in [-0.2, -0.15) is 4.98 Å². The van der Waals surface area contributed by atoms with E-state index in [1.165, 1.54) is 11.3 Å². The molecule has 2 aromatic heterocycles. The van der Waals surface area contributed by atoms with Gasteiger partial charge in [-0.05, 0) is 31.2 Å². The summed E-state index contributed by atoms with van der Waals surface area (Å²) in [6.45, 7) is 1.91. The van der Waals surface area contributed by atoms with Gasteiger partial charge in [0.25, 0.3) is 5.56 Å². The third-order valence-electron chi connectivity index (χ3n) is 3.14. The summed E-state index contributed by atoms with van der Waals surface area (Å²) < 4.78 is 10.8. The summed E-state index contributed by atoms with van der Waals surface area (Å²) >= 11 is 2.43. The first-order valence-electron chi connectivity index (χ1n) is 7.49. The van der Waals surface area contributed by atoms with Crippen LogP contribution in [0, 0.1) is 0 Å². The molecule has 0 radical (unpaired) electrons. The summed E-state index contributed by atoms with van der Waals surface area (Å²) in [5.74, 6) is -0.420. The Morgan fingerprint density at radius 2 is 2.08 bits per heavy atom. The minimum absolute atomic E-state index is 0.143. The Balaban J connectivity index is 1.72. The Hall–Kier alpha value is -2.29. The van der Waals surface area contributed by atoms with Crippen molar-refractivity contribution < 1.29 is 13.7 Å². The molecular weight excluding hydrogens is 360 g/mol. The summed E-state index contributed by atoms with van der Waals surface area (Å²) in [7, 11) is 0. The largest absolute Gasteiger partial charge is 0.464 e. The molecule has 0 aliphatic heterocycles. The second-order valence-corrected chi connectivity index (χ2v) is 6.71. The number of hydrogen-bond acceptors (Lipinski definition) is 8. The van der Waals surface area contributed by atoms with Crippen LogP contribution in [0.25, 0.3) is 20.7 Å². The zero-order valence-corrected chi connectivity index (χ0v) is 14.9. The fourth-order valence-electron chi connectivity index (χ4n) is 2.03. The minimum Gasteiger partial charge on any atom is -0.464 e. The van der Waals surface area contributed by atoms with E-state index in [0.29, 0.717) is 22.0 Å². The van der Waals surface area contributed by atoms with Crippen LogP contribution in [0.2, 0.25) is 0 Å². The van der Waals surface area contributed by atoms with Gasteiger partial charge in [0.15, 0.2) is 6.61 Å². The molecule has 0 saturated heterocycles. The molecule has 1 aromatic carbocycles. The summed E-state index contributed by atoms with van der Waals surface area (Å²) in [6, 6.07) is 10.9. The zero-order chi connectivity index (χ0) is 17.6. The average molecular weight is 374 g/mol. The quantitative estimate of drug-likeness (QED) is 0.484. The van der Waals surface area contributed by atoms with Gasteiger partial charge in [0.1, 0.15) is 10.0 Å². The van der Waals surface area contributed by atoms with Gasteiger partial charge in [-0.1, -0.05) is 12.1 Å². The number of aromatic nitrogens is 2. The lowest BCUT2D eigenvalue weighted by atomic mass is 10.3. The molecule has 0 saturated carbocycles. The normalized spacial score (nSPS) is 10.8. The van der Waals surface area contributed by atoms with Crippen LogP contribution in [0.3, 0.4) is 0 Å². The molecule has 3 rings (SSSR count). The first kappa shape index (κ1) is 17.5. The Morgan fingerprint density at radius 3 is 2.84 bits per heavy atom. The smallest absolute Gasteiger partial charge is 0.333 e. The molecule has 0 amide bonds. The maximum absolute atomic E-state index is 12.1. The highest BCUT2D eigenvalue weighted by Gasteiger charge is 2.08. The van der Waals surface area contributed by atoms with E-state index >= 15 is 0 Å². The van der Waals surface area contributed by atoms with Gasteiger partial charge in [-0.3, -0.25) is 8.98 Å². The van der Waals surface area contributed by atoms with Crippen LogP contribution in [0.15, 0.2) is 52.4 Å². The Kier molecular flexibility index (Phi) is 5.75. The van der Waals surface area contributed by atoms with Gasteiger partial charge < -0.3 is 4.74 Å². The van der Waals surface area contributed by atoms with Crippen molar-refractivity contribution in [1.82, 2.24) is 9.97 Å². The predicted molar refractivity (Wildman–Crippen MR) is 97.6 cm³/mol. The summed E-state index contributed by atoms with van der Waals surface area (Å²) in [4.78, 5) is 31.7. The molecule has 0 unspecified atom stereocenters. The van der Waals surface area contributed by atoms with E-state index in [1.807, 2.05) is 24.3 Å². The molecule has 0 aliphatic carbocycles. The van der Waals surface area contributed by atoms with Gasteiger partial charge in [-0.15, -0.1) is 11.3 Å². The summed E-state index contributed by atoms with van der Waals surface area (Å²) in [5.41, 5.74) is 0.503. The van der Waals surface area contributed by atoms with Crippen molar-refractivity contribution in [3.05, 3.63) is 52.9 Å². The standard InChI is InChI=1S/C17H14N2O4S2/c1-2-22-15(20)10-23-25-14-8-7-11(9-18-14)17-19-16(21)12-5-3-4-6-13(12)24-17/h3-9H,2,10H2,1H3. The van der Waals surface area contributed by atoms with E-state index in [1.54, 1.807) is 25.3 Å². The van der Waals surface area contributed by atoms with Crippen molar-refractivity contribution in [2.24, 2.45) is 0 Å². The monoisotopic (exact) mass is 374 g/mol. The van der Waals surface area contributed by atoms with Crippen LogP contribution in [-0.4, -0.2) is 29.2 Å². The van der Waals surface area contributed by atoms with Crippen molar-refractivity contribution in [3.8, 4) is 10.6 Å². The highest BCUT2D eigenvalue weighted by Crippen LogP contribution is 2.26. The van der Waals surface area contributed by atoms with Gasteiger partial charge >= 0.3 is 5.97 Å². The van der Waals surface area contributed by atoms with Crippen LogP contribution < -0.4 is 5.56 Å². The number of pyridine rings is 1. The van der Waals surface area contributed by atoms with Gasteiger partial charge in [-0.25, -0.2) is 9.78 Å². The van der Waals surface area contributed by atoms with Gasteiger partial charge in [0.05, 0.1) is 12.0 Å². The molecule has 0 spiro atoms. The minimum atomic E-state index is -0.420. The first-order chi connectivity index (χ1) is 12.2. The van der Waals surface area contributed by atoms with E-state index in [2.05, 4.69) is 9.97 Å². The SMILES string of the molecule is CCOC(=O)COSc1ccc(-c2nc(=O)c3ccccc3s2)cn1. The molecule has 128 valence electrons. The van der Waals surface area contributed by atoms with E-state index in [9.17, 15) is 9.59 Å². The second kappa shape index (κ2) is 8.19. The van der Waals surface area contributed by atoms with E-state index < -0.39 is 5.97 Å². The summed E-state index contributed by atoms with van der Waals surface area (Å²) in [5, 5.41) is 1.82. The first-order valence-corrected chi connectivity index (χ1v) is 9.04. The highest BCUT2D eigenvalue weighted by molar-refractivity contribution is 7.94. The third-order valence-corrected chi connectivity index (χ3v) is 4.88. The lowest BCUT2D eigenvalue weighted by Gasteiger charge is -2.04. The number of carbonyl (C=O) groups excluding carboxylic acids is 1. The van der Waals surface area contributed by atoms with Crippen LogP contribution in [-0.2, 0) is 13.7 Å².